The lowest BCUT2D eigenvalue weighted by atomic mass is 9.70. The number of allylic oxidation sites excluding steroid dienone is 2. The number of ether oxygens (including phenoxy) is 5. The van der Waals surface area contributed by atoms with Crippen LogP contribution in [0.3, 0.4) is 0 Å². The predicted molar refractivity (Wildman–Crippen MR) is 113 cm³/mol. The van der Waals surface area contributed by atoms with Crippen molar-refractivity contribution in [3.05, 3.63) is 47.0 Å². The van der Waals surface area contributed by atoms with Gasteiger partial charge >= 0.3 is 0 Å². The van der Waals surface area contributed by atoms with E-state index in [-0.39, 0.29) is 11.6 Å². The molecule has 0 bridgehead atoms. The molecule has 7 heteroatoms. The number of fused-ring (bicyclic) bond motifs is 5. The van der Waals surface area contributed by atoms with Gasteiger partial charge in [-0.3, -0.25) is 9.59 Å². The van der Waals surface area contributed by atoms with E-state index in [1.807, 2.05) is 45.9 Å². The minimum absolute atomic E-state index is 0.235. The zero-order valence-electron chi connectivity index (χ0n) is 18.3. The molecule has 2 unspecified atom stereocenters. The third kappa shape index (κ3) is 3.50. The minimum Gasteiger partial charge on any atom is -0.348 e. The van der Waals surface area contributed by atoms with Crippen LogP contribution in [0.15, 0.2) is 30.4 Å². The Labute approximate surface area is 181 Å². The third-order valence-corrected chi connectivity index (χ3v) is 5.67. The van der Waals surface area contributed by atoms with E-state index in [0.717, 1.165) is 22.3 Å². The van der Waals surface area contributed by atoms with Crippen LogP contribution < -0.4 is 0 Å². The second kappa shape index (κ2) is 8.76. The highest BCUT2D eigenvalue weighted by Gasteiger charge is 2.67. The van der Waals surface area contributed by atoms with Crippen LogP contribution in [0, 0.1) is 0 Å². The molecule has 1 aromatic rings. The number of hydrogen-bond donors (Lipinski definition) is 0. The van der Waals surface area contributed by atoms with Crippen molar-refractivity contribution in [2.24, 2.45) is 0 Å². The number of rotatable bonds is 12. The van der Waals surface area contributed by atoms with Crippen LogP contribution in [-0.2, 0) is 28.5 Å². The van der Waals surface area contributed by atoms with E-state index in [2.05, 4.69) is 0 Å². The number of carbonyl (C=O) groups excluding carboxylic acids is 2. The Morgan fingerprint density at radius 1 is 0.968 bits per heavy atom. The van der Waals surface area contributed by atoms with E-state index in [1.165, 1.54) is 0 Å². The van der Waals surface area contributed by atoms with Crippen LogP contribution in [0.5, 0.6) is 0 Å². The summed E-state index contributed by atoms with van der Waals surface area (Å²) in [4.78, 5) is 26.4. The molecule has 0 amide bonds. The summed E-state index contributed by atoms with van der Waals surface area (Å²) in [7, 11) is 0. The molecule has 1 heterocycles. The van der Waals surface area contributed by atoms with Gasteiger partial charge in [0.25, 0.3) is 0 Å². The monoisotopic (exact) mass is 428 g/mol. The maximum Gasteiger partial charge on any atom is 0.227 e. The molecule has 1 fully saturated rings. The van der Waals surface area contributed by atoms with Crippen molar-refractivity contribution < 1.29 is 33.3 Å². The largest absolute Gasteiger partial charge is 0.348 e. The highest BCUT2D eigenvalue weighted by atomic mass is 16.7. The Kier molecular flexibility index (Phi) is 6.23. The predicted octanol–water partition coefficient (Wildman–Crippen LogP) is 3.17. The van der Waals surface area contributed by atoms with E-state index in [4.69, 9.17) is 23.7 Å². The maximum atomic E-state index is 13.2. The van der Waals surface area contributed by atoms with E-state index in [1.54, 1.807) is 12.1 Å². The van der Waals surface area contributed by atoms with E-state index < -0.39 is 24.3 Å². The third-order valence-electron chi connectivity index (χ3n) is 5.67. The Morgan fingerprint density at radius 2 is 1.58 bits per heavy atom. The van der Waals surface area contributed by atoms with Gasteiger partial charge in [-0.15, -0.1) is 0 Å². The molecule has 31 heavy (non-hydrogen) atoms. The second-order valence-electron chi connectivity index (χ2n) is 7.39. The van der Waals surface area contributed by atoms with Crippen molar-refractivity contribution >= 4 is 22.7 Å². The first-order valence-corrected chi connectivity index (χ1v) is 10.8. The number of ketones is 2. The first kappa shape index (κ1) is 22.0. The molecule has 166 valence electrons. The van der Waals surface area contributed by atoms with Crippen molar-refractivity contribution in [2.75, 3.05) is 26.4 Å². The normalized spacial score (nSPS) is 22.8. The SMILES string of the molecule is CCOC(OCC)C(=O)c1cccc2c1C1=C2C=CC2(C(=O)C(OCC)OCC)OC12. The van der Waals surface area contributed by atoms with Gasteiger partial charge < -0.3 is 23.7 Å². The molecule has 1 aliphatic heterocycles. The molecule has 2 aliphatic carbocycles. The number of Topliss-reactive ketones (excluding diaryl/α,β-unsaturated/α-hetero) is 2. The highest BCUT2D eigenvalue weighted by Crippen LogP contribution is 2.59. The van der Waals surface area contributed by atoms with Gasteiger partial charge in [0, 0.05) is 37.6 Å². The Balaban J connectivity index is 1.63. The van der Waals surface area contributed by atoms with Gasteiger partial charge in [0.05, 0.1) is 0 Å². The maximum absolute atomic E-state index is 13.2. The lowest BCUT2D eigenvalue weighted by Crippen LogP contribution is -2.41. The molecular formula is C24H28O7. The molecule has 0 saturated carbocycles. The molecule has 0 spiro atoms. The fourth-order valence-electron chi connectivity index (χ4n) is 4.29. The van der Waals surface area contributed by atoms with Crippen LogP contribution in [0.4, 0.5) is 0 Å². The summed E-state index contributed by atoms with van der Waals surface area (Å²) in [6, 6.07) is 5.58. The summed E-state index contributed by atoms with van der Waals surface area (Å²) >= 11 is 0. The number of benzene rings is 1. The Bertz CT molecular complexity index is 935. The van der Waals surface area contributed by atoms with Crippen molar-refractivity contribution in [1.29, 1.82) is 0 Å². The minimum atomic E-state index is -1.11. The van der Waals surface area contributed by atoms with Crippen LogP contribution in [-0.4, -0.2) is 62.3 Å². The van der Waals surface area contributed by atoms with Crippen molar-refractivity contribution in [1.82, 2.24) is 0 Å². The molecule has 1 aromatic carbocycles. The molecule has 3 aliphatic rings. The second-order valence-corrected chi connectivity index (χ2v) is 7.39. The average Bonchev–Trinajstić information content (AvgIpc) is 3.49. The molecule has 4 rings (SSSR count). The highest BCUT2D eigenvalue weighted by molar-refractivity contribution is 6.19. The zero-order chi connectivity index (χ0) is 22.2. The fourth-order valence-corrected chi connectivity index (χ4v) is 4.29. The standard InChI is InChI=1S/C24H28O7/c1-5-27-22(28-6-2)19(25)16-11-9-10-14-15-12-13-24(21(31-24)18(15)17(14)16)20(26)23(29-7-3)30-8-4/h9-13,21-23H,5-8H2,1-4H3. The van der Waals surface area contributed by atoms with Crippen LogP contribution in [0.2, 0.25) is 0 Å². The number of hydrogen-bond acceptors (Lipinski definition) is 7. The lowest BCUT2D eigenvalue weighted by Gasteiger charge is -2.31. The smallest absolute Gasteiger partial charge is 0.227 e. The van der Waals surface area contributed by atoms with E-state index >= 15 is 0 Å². The van der Waals surface area contributed by atoms with E-state index in [0.29, 0.717) is 32.0 Å². The summed E-state index contributed by atoms with van der Waals surface area (Å²) in [5.74, 6) is -0.497. The average molecular weight is 428 g/mol. The fraction of sp³-hybridized carbons (Fsp3) is 0.500. The molecule has 2 atom stereocenters. The Morgan fingerprint density at radius 3 is 2.19 bits per heavy atom. The first-order chi connectivity index (χ1) is 15.0. The molecule has 1 saturated heterocycles. The molecule has 0 aromatic heterocycles. The Hall–Kier alpha value is -2.16. The molecular weight excluding hydrogens is 400 g/mol. The van der Waals surface area contributed by atoms with E-state index in [9.17, 15) is 9.59 Å². The summed E-state index contributed by atoms with van der Waals surface area (Å²) in [6.07, 6.45) is 1.28. The summed E-state index contributed by atoms with van der Waals surface area (Å²) < 4.78 is 28.0. The summed E-state index contributed by atoms with van der Waals surface area (Å²) in [6.45, 7) is 8.70. The molecule has 0 radical (unpaired) electrons. The van der Waals surface area contributed by atoms with Crippen molar-refractivity contribution in [3.8, 4) is 0 Å². The topological polar surface area (TPSA) is 83.6 Å². The van der Waals surface area contributed by atoms with Gasteiger partial charge in [-0.25, -0.2) is 0 Å². The number of carbonyl (C=O) groups is 2. The summed E-state index contributed by atoms with van der Waals surface area (Å²) in [5.41, 5.74) is 3.03. The van der Waals surface area contributed by atoms with Crippen LogP contribution >= 0.6 is 0 Å². The summed E-state index contributed by atoms with van der Waals surface area (Å²) in [5, 5.41) is 0. The van der Waals surface area contributed by atoms with Gasteiger partial charge in [-0.2, -0.15) is 0 Å². The van der Waals surface area contributed by atoms with Crippen molar-refractivity contribution in [3.63, 3.8) is 0 Å². The molecule has 7 nitrogen and oxygen atoms in total. The van der Waals surface area contributed by atoms with Gasteiger partial charge in [-0.1, -0.05) is 24.3 Å². The van der Waals surface area contributed by atoms with Gasteiger partial charge in [0.1, 0.15) is 6.10 Å². The quantitative estimate of drug-likeness (QED) is 0.287. The van der Waals surface area contributed by atoms with Gasteiger partial charge in [0.2, 0.25) is 24.1 Å². The number of epoxide rings is 1. The van der Waals surface area contributed by atoms with Crippen LogP contribution in [0.25, 0.3) is 11.1 Å². The van der Waals surface area contributed by atoms with Gasteiger partial charge in [-0.05, 0) is 50.5 Å². The lowest BCUT2D eigenvalue weighted by molar-refractivity contribution is -0.171. The van der Waals surface area contributed by atoms with Crippen molar-refractivity contribution in [2.45, 2.75) is 52.0 Å². The van der Waals surface area contributed by atoms with Crippen LogP contribution in [0.1, 0.15) is 49.2 Å². The first-order valence-electron chi connectivity index (χ1n) is 10.8. The molecule has 0 N–H and O–H groups in total. The zero-order valence-corrected chi connectivity index (χ0v) is 18.3. The van der Waals surface area contributed by atoms with Gasteiger partial charge in [0.15, 0.2) is 5.60 Å².